The minimum Gasteiger partial charge on any atom is -0.258 e. The van der Waals surface area contributed by atoms with Crippen molar-refractivity contribution < 1.29 is 14.8 Å². The van der Waals surface area contributed by atoms with Crippen molar-refractivity contribution >= 4 is 51.1 Å². The molecule has 0 radical (unpaired) electrons. The van der Waals surface area contributed by atoms with E-state index in [1.165, 1.54) is 16.9 Å². The second kappa shape index (κ2) is 8.35. The minimum absolute atomic E-state index is 0.174. The molecule has 3 aromatic carbocycles. The molecule has 0 fully saturated rings. The topological polar surface area (TPSA) is 185 Å². The maximum absolute atomic E-state index is 11.3. The summed E-state index contributed by atoms with van der Waals surface area (Å²) in [5.74, 6) is 0. The van der Waals surface area contributed by atoms with Crippen molar-refractivity contribution in [1.82, 2.24) is 15.0 Å². The largest absolute Gasteiger partial charge is 0.310 e. The van der Waals surface area contributed by atoms with E-state index in [9.17, 15) is 30.3 Å². The lowest BCUT2D eigenvalue weighted by atomic mass is 10.2. The highest BCUT2D eigenvalue weighted by atomic mass is 35.5. The van der Waals surface area contributed by atoms with Crippen LogP contribution in [0.4, 0.5) is 28.4 Å². The fourth-order valence-electron chi connectivity index (χ4n) is 2.84. The maximum atomic E-state index is 11.3. The summed E-state index contributed by atoms with van der Waals surface area (Å²) in [5, 5.41) is 50.3. The Morgan fingerprint density at radius 1 is 0.758 bits per heavy atom. The number of aromatic nitrogens is 3. The molecule has 0 unspecified atom stereocenters. The van der Waals surface area contributed by atoms with Crippen molar-refractivity contribution in [2.24, 2.45) is 10.2 Å². The molecule has 15 heteroatoms. The zero-order chi connectivity index (χ0) is 23.7. The molecule has 0 saturated heterocycles. The fraction of sp³-hybridized carbons (Fsp3) is 0. The van der Waals surface area contributed by atoms with Gasteiger partial charge in [0.25, 0.3) is 5.69 Å². The SMILES string of the molecule is O=[N+]([O-])c1cc([N+](=O)[O-])c(N=Nc2ccc3nn(-c4ccc(Cl)cc4)nc3c2)c([N+](=O)[O-])c1. The van der Waals surface area contributed by atoms with Gasteiger partial charge in [-0.3, -0.25) is 30.3 Å². The number of azo groups is 1. The van der Waals surface area contributed by atoms with Crippen molar-refractivity contribution in [3.8, 4) is 5.69 Å². The zero-order valence-electron chi connectivity index (χ0n) is 16.1. The molecule has 1 aromatic heterocycles. The number of halogens is 1. The molecular weight excluding hydrogens is 460 g/mol. The molecule has 0 aliphatic heterocycles. The number of nitrogens with zero attached hydrogens (tertiary/aromatic N) is 8. The van der Waals surface area contributed by atoms with E-state index in [1.807, 2.05) is 0 Å². The summed E-state index contributed by atoms with van der Waals surface area (Å²) in [4.78, 5) is 32.0. The summed E-state index contributed by atoms with van der Waals surface area (Å²) in [6, 6.07) is 12.5. The molecular formula is C18H9ClN8O6. The van der Waals surface area contributed by atoms with Crippen LogP contribution in [0.1, 0.15) is 0 Å². The molecule has 0 aliphatic carbocycles. The molecule has 0 spiro atoms. The van der Waals surface area contributed by atoms with Crippen LogP contribution >= 0.6 is 11.6 Å². The Bertz CT molecular complexity index is 1430. The lowest BCUT2D eigenvalue weighted by Gasteiger charge is -1.99. The molecule has 164 valence electrons. The van der Waals surface area contributed by atoms with Gasteiger partial charge >= 0.3 is 11.4 Å². The van der Waals surface area contributed by atoms with E-state index in [2.05, 4.69) is 20.4 Å². The van der Waals surface area contributed by atoms with E-state index >= 15 is 0 Å². The summed E-state index contributed by atoms with van der Waals surface area (Å²) in [7, 11) is 0. The summed E-state index contributed by atoms with van der Waals surface area (Å²) in [5.41, 5.74) is -1.63. The van der Waals surface area contributed by atoms with E-state index in [4.69, 9.17) is 11.6 Å². The average Bonchev–Trinajstić information content (AvgIpc) is 3.20. The van der Waals surface area contributed by atoms with Crippen LogP contribution in [-0.2, 0) is 0 Å². The zero-order valence-corrected chi connectivity index (χ0v) is 16.9. The molecule has 4 rings (SSSR count). The first-order valence-corrected chi connectivity index (χ1v) is 9.27. The summed E-state index contributed by atoms with van der Waals surface area (Å²) in [6.45, 7) is 0. The lowest BCUT2D eigenvalue weighted by Crippen LogP contribution is -1.97. The molecule has 0 saturated carbocycles. The molecule has 33 heavy (non-hydrogen) atoms. The van der Waals surface area contributed by atoms with Crippen molar-refractivity contribution in [3.05, 3.63) is 90.0 Å². The van der Waals surface area contributed by atoms with Crippen LogP contribution in [0, 0.1) is 30.3 Å². The Kier molecular flexibility index (Phi) is 5.41. The molecule has 14 nitrogen and oxygen atoms in total. The molecule has 0 amide bonds. The Balaban J connectivity index is 1.75. The molecule has 0 N–H and O–H groups in total. The second-order valence-corrected chi connectivity index (χ2v) is 6.88. The van der Waals surface area contributed by atoms with Crippen molar-refractivity contribution in [3.63, 3.8) is 0 Å². The number of nitro benzene ring substituents is 3. The van der Waals surface area contributed by atoms with Crippen LogP contribution in [0.5, 0.6) is 0 Å². The number of hydrogen-bond donors (Lipinski definition) is 0. The van der Waals surface area contributed by atoms with Crippen LogP contribution in [0.15, 0.2) is 64.8 Å². The first kappa shape index (κ1) is 21.4. The fourth-order valence-corrected chi connectivity index (χ4v) is 2.96. The van der Waals surface area contributed by atoms with Crippen LogP contribution in [-0.4, -0.2) is 29.8 Å². The first-order valence-electron chi connectivity index (χ1n) is 8.89. The molecule has 0 aliphatic rings. The Morgan fingerprint density at radius 2 is 1.36 bits per heavy atom. The van der Waals surface area contributed by atoms with Gasteiger partial charge in [0.2, 0.25) is 5.69 Å². The van der Waals surface area contributed by atoms with Crippen molar-refractivity contribution in [2.75, 3.05) is 0 Å². The highest BCUT2D eigenvalue weighted by Gasteiger charge is 2.31. The predicted molar refractivity (Wildman–Crippen MR) is 114 cm³/mol. The van der Waals surface area contributed by atoms with E-state index in [0.29, 0.717) is 33.9 Å². The van der Waals surface area contributed by atoms with Gasteiger partial charge in [-0.25, -0.2) is 0 Å². The smallest absolute Gasteiger partial charge is 0.258 e. The lowest BCUT2D eigenvalue weighted by molar-refractivity contribution is -0.402. The first-order chi connectivity index (χ1) is 15.7. The van der Waals surface area contributed by atoms with Gasteiger partial charge in [-0.2, -0.15) is 4.80 Å². The summed E-state index contributed by atoms with van der Waals surface area (Å²) >= 11 is 5.88. The van der Waals surface area contributed by atoms with Gasteiger partial charge in [-0.15, -0.1) is 20.4 Å². The Morgan fingerprint density at radius 3 is 1.94 bits per heavy atom. The summed E-state index contributed by atoms with van der Waals surface area (Å²) in [6.07, 6.45) is 0. The van der Waals surface area contributed by atoms with Crippen LogP contribution in [0.25, 0.3) is 16.7 Å². The third kappa shape index (κ3) is 4.31. The van der Waals surface area contributed by atoms with Gasteiger partial charge in [0, 0.05) is 5.02 Å². The van der Waals surface area contributed by atoms with E-state index in [1.54, 1.807) is 30.3 Å². The van der Waals surface area contributed by atoms with Crippen molar-refractivity contribution in [1.29, 1.82) is 0 Å². The third-order valence-corrected chi connectivity index (χ3v) is 4.60. The minimum atomic E-state index is -1.00. The molecule has 1 heterocycles. The normalized spacial score (nSPS) is 11.2. The average molecular weight is 469 g/mol. The molecule has 0 atom stereocenters. The van der Waals surface area contributed by atoms with Crippen LogP contribution in [0.2, 0.25) is 5.02 Å². The maximum Gasteiger partial charge on any atom is 0.310 e. The predicted octanol–water partition coefficient (Wildman–Crippen LogP) is 5.21. The van der Waals surface area contributed by atoms with E-state index < -0.39 is 37.5 Å². The number of nitro groups is 3. The Hall–Kier alpha value is -4.85. The van der Waals surface area contributed by atoms with Gasteiger partial charge < -0.3 is 0 Å². The number of fused-ring (bicyclic) bond motifs is 1. The quantitative estimate of drug-likeness (QED) is 0.209. The standard InChI is InChI=1S/C18H9ClN8O6/c19-10-1-4-12(5-2-10)24-22-14-6-3-11(7-15(14)23-24)20-21-18-16(26(30)31)8-13(25(28)29)9-17(18)27(32)33/h1-9H. The van der Waals surface area contributed by atoms with Crippen LogP contribution in [0.3, 0.4) is 0 Å². The number of rotatable bonds is 6. The van der Waals surface area contributed by atoms with Crippen LogP contribution < -0.4 is 0 Å². The van der Waals surface area contributed by atoms with Gasteiger partial charge in [-0.05, 0) is 42.5 Å². The van der Waals surface area contributed by atoms with Gasteiger partial charge in [0.15, 0.2) is 0 Å². The highest BCUT2D eigenvalue weighted by Crippen LogP contribution is 2.41. The number of hydrogen-bond acceptors (Lipinski definition) is 10. The second-order valence-electron chi connectivity index (χ2n) is 6.44. The Labute approximate surface area is 187 Å². The van der Waals surface area contributed by atoms with E-state index in [-0.39, 0.29) is 5.69 Å². The monoisotopic (exact) mass is 468 g/mol. The van der Waals surface area contributed by atoms with Crippen molar-refractivity contribution in [2.45, 2.75) is 0 Å². The molecule has 4 aromatic rings. The number of non-ortho nitro benzene ring substituents is 1. The van der Waals surface area contributed by atoms with Gasteiger partial charge in [-0.1, -0.05) is 11.6 Å². The highest BCUT2D eigenvalue weighted by molar-refractivity contribution is 6.30. The van der Waals surface area contributed by atoms with E-state index in [0.717, 1.165) is 0 Å². The molecule has 0 bridgehead atoms. The van der Waals surface area contributed by atoms with Gasteiger partial charge in [0.05, 0.1) is 38.3 Å². The summed E-state index contributed by atoms with van der Waals surface area (Å²) < 4.78 is 0. The number of benzene rings is 3. The third-order valence-electron chi connectivity index (χ3n) is 4.35. The van der Waals surface area contributed by atoms with Gasteiger partial charge in [0.1, 0.15) is 11.0 Å².